The minimum absolute atomic E-state index is 0.0205. The molecule has 3 aromatic rings. The molecule has 1 N–H and O–H groups in total. The smallest absolute Gasteiger partial charge is 0.189 e. The number of benzene rings is 2. The average molecular weight is 349 g/mol. The van der Waals surface area contributed by atoms with Crippen molar-refractivity contribution < 1.29 is 0 Å². The first-order valence-corrected chi connectivity index (χ1v) is 7.35. The Balaban J connectivity index is 2.13. The van der Waals surface area contributed by atoms with Crippen molar-refractivity contribution in [3.05, 3.63) is 79.5 Å². The number of aromatic amines is 1. The van der Waals surface area contributed by atoms with Crippen LogP contribution in [0.4, 0.5) is 0 Å². The van der Waals surface area contributed by atoms with E-state index in [1.54, 1.807) is 18.2 Å². The molecule has 0 aliphatic carbocycles. The molecule has 2 nitrogen and oxygen atoms in total. The summed E-state index contributed by atoms with van der Waals surface area (Å²) >= 11 is 9.43. The van der Waals surface area contributed by atoms with Crippen LogP contribution in [-0.2, 0) is 6.42 Å². The van der Waals surface area contributed by atoms with Crippen LogP contribution in [0.1, 0.15) is 11.3 Å². The van der Waals surface area contributed by atoms with Crippen molar-refractivity contribution in [3.63, 3.8) is 0 Å². The Morgan fingerprint density at radius 2 is 1.85 bits per heavy atom. The van der Waals surface area contributed by atoms with Gasteiger partial charge in [0.25, 0.3) is 0 Å². The molecular formula is C16H11BrClNO. The summed E-state index contributed by atoms with van der Waals surface area (Å²) in [5.41, 5.74) is 2.81. The van der Waals surface area contributed by atoms with Crippen molar-refractivity contribution in [1.82, 2.24) is 4.98 Å². The van der Waals surface area contributed by atoms with Crippen molar-refractivity contribution in [2.45, 2.75) is 6.42 Å². The van der Waals surface area contributed by atoms with Crippen LogP contribution in [0, 0.1) is 0 Å². The van der Waals surface area contributed by atoms with Crippen LogP contribution in [0.25, 0.3) is 10.9 Å². The van der Waals surface area contributed by atoms with Gasteiger partial charge < -0.3 is 4.98 Å². The van der Waals surface area contributed by atoms with Crippen LogP contribution in [-0.4, -0.2) is 4.98 Å². The third-order valence-electron chi connectivity index (χ3n) is 3.15. The lowest BCUT2D eigenvalue weighted by Gasteiger charge is -2.07. The lowest BCUT2D eigenvalue weighted by Crippen LogP contribution is -2.06. The van der Waals surface area contributed by atoms with Crippen molar-refractivity contribution in [2.24, 2.45) is 0 Å². The van der Waals surface area contributed by atoms with Crippen molar-refractivity contribution in [2.75, 3.05) is 0 Å². The Kier molecular flexibility index (Phi) is 3.64. The Morgan fingerprint density at radius 3 is 2.60 bits per heavy atom. The van der Waals surface area contributed by atoms with Crippen LogP contribution in [0.5, 0.6) is 0 Å². The molecule has 0 aliphatic heterocycles. The molecule has 0 radical (unpaired) electrons. The van der Waals surface area contributed by atoms with E-state index in [2.05, 4.69) is 20.9 Å². The SMILES string of the molecule is O=c1cc(Cc2ccccc2)[nH]c2c(Br)cc(Cl)cc12. The fourth-order valence-electron chi connectivity index (χ4n) is 2.24. The van der Waals surface area contributed by atoms with Gasteiger partial charge in [0.05, 0.1) is 5.52 Å². The molecule has 0 amide bonds. The molecule has 1 heterocycles. The Bertz CT molecular complexity index is 827. The van der Waals surface area contributed by atoms with Gasteiger partial charge in [-0.15, -0.1) is 0 Å². The van der Waals surface area contributed by atoms with Gasteiger partial charge in [0.15, 0.2) is 5.43 Å². The Hall–Kier alpha value is -1.58. The van der Waals surface area contributed by atoms with Crippen LogP contribution < -0.4 is 5.43 Å². The fourth-order valence-corrected chi connectivity index (χ4v) is 3.15. The number of aromatic nitrogens is 1. The molecule has 0 saturated carbocycles. The second-order valence-corrected chi connectivity index (χ2v) is 5.92. The molecule has 0 saturated heterocycles. The van der Waals surface area contributed by atoms with E-state index in [1.807, 2.05) is 30.3 Å². The summed E-state index contributed by atoms with van der Waals surface area (Å²) in [5, 5.41) is 1.15. The number of pyridine rings is 1. The zero-order valence-electron chi connectivity index (χ0n) is 10.5. The van der Waals surface area contributed by atoms with Gasteiger partial charge in [-0.25, -0.2) is 0 Å². The van der Waals surface area contributed by atoms with Gasteiger partial charge in [-0.3, -0.25) is 4.79 Å². The maximum Gasteiger partial charge on any atom is 0.189 e. The van der Waals surface area contributed by atoms with Crippen molar-refractivity contribution in [3.8, 4) is 0 Å². The molecule has 0 fully saturated rings. The molecule has 100 valence electrons. The molecule has 0 bridgehead atoms. The van der Waals surface area contributed by atoms with Gasteiger partial charge in [0.2, 0.25) is 0 Å². The summed E-state index contributed by atoms with van der Waals surface area (Å²) in [6.07, 6.45) is 0.696. The summed E-state index contributed by atoms with van der Waals surface area (Å²) < 4.78 is 0.798. The molecule has 20 heavy (non-hydrogen) atoms. The molecule has 0 atom stereocenters. The number of hydrogen-bond donors (Lipinski definition) is 1. The fraction of sp³-hybridized carbons (Fsp3) is 0.0625. The third kappa shape index (κ3) is 2.65. The van der Waals surface area contributed by atoms with E-state index in [0.717, 1.165) is 21.2 Å². The monoisotopic (exact) mass is 347 g/mol. The lowest BCUT2D eigenvalue weighted by molar-refractivity contribution is 1.09. The van der Waals surface area contributed by atoms with Crippen molar-refractivity contribution >= 4 is 38.4 Å². The van der Waals surface area contributed by atoms with E-state index in [0.29, 0.717) is 16.8 Å². The molecule has 0 unspecified atom stereocenters. The zero-order chi connectivity index (χ0) is 14.1. The highest BCUT2D eigenvalue weighted by Crippen LogP contribution is 2.25. The average Bonchev–Trinajstić information content (AvgIpc) is 2.41. The minimum atomic E-state index is -0.0205. The highest BCUT2D eigenvalue weighted by molar-refractivity contribution is 9.10. The van der Waals surface area contributed by atoms with Crippen LogP contribution in [0.3, 0.4) is 0 Å². The van der Waals surface area contributed by atoms with Gasteiger partial charge in [0, 0.05) is 33.1 Å². The maximum absolute atomic E-state index is 12.2. The van der Waals surface area contributed by atoms with Crippen molar-refractivity contribution in [1.29, 1.82) is 0 Å². The summed E-state index contributed by atoms with van der Waals surface area (Å²) in [5.74, 6) is 0. The van der Waals surface area contributed by atoms with Crippen LogP contribution in [0.2, 0.25) is 5.02 Å². The first-order valence-electron chi connectivity index (χ1n) is 6.18. The number of halogens is 2. The minimum Gasteiger partial charge on any atom is -0.357 e. The second-order valence-electron chi connectivity index (χ2n) is 4.63. The quantitative estimate of drug-likeness (QED) is 0.725. The molecule has 3 rings (SSSR count). The lowest BCUT2D eigenvalue weighted by atomic mass is 10.1. The summed E-state index contributed by atoms with van der Waals surface area (Å²) in [4.78, 5) is 15.5. The third-order valence-corrected chi connectivity index (χ3v) is 3.99. The normalized spacial score (nSPS) is 10.9. The Labute approximate surface area is 129 Å². The topological polar surface area (TPSA) is 32.9 Å². The predicted molar refractivity (Wildman–Crippen MR) is 86.5 cm³/mol. The van der Waals surface area contributed by atoms with E-state index in [4.69, 9.17) is 11.6 Å². The largest absolute Gasteiger partial charge is 0.357 e. The van der Waals surface area contributed by atoms with Gasteiger partial charge in [-0.2, -0.15) is 0 Å². The highest BCUT2D eigenvalue weighted by atomic mass is 79.9. The Morgan fingerprint density at radius 1 is 1.10 bits per heavy atom. The molecule has 1 aromatic heterocycles. The summed E-state index contributed by atoms with van der Waals surface area (Å²) in [6, 6.07) is 15.1. The molecule has 0 aliphatic rings. The number of nitrogens with one attached hydrogen (secondary N) is 1. The van der Waals surface area contributed by atoms with Crippen LogP contribution >= 0.6 is 27.5 Å². The van der Waals surface area contributed by atoms with E-state index in [-0.39, 0.29) is 5.43 Å². The molecule has 0 spiro atoms. The predicted octanol–water partition coefficient (Wildman–Crippen LogP) is 4.53. The maximum atomic E-state index is 12.2. The first kappa shape index (κ1) is 13.4. The molecule has 2 aromatic carbocycles. The van der Waals surface area contributed by atoms with Gasteiger partial charge >= 0.3 is 0 Å². The van der Waals surface area contributed by atoms with E-state index in [1.165, 1.54) is 0 Å². The number of hydrogen-bond acceptors (Lipinski definition) is 1. The van der Waals surface area contributed by atoms with E-state index < -0.39 is 0 Å². The van der Waals surface area contributed by atoms with E-state index >= 15 is 0 Å². The zero-order valence-corrected chi connectivity index (χ0v) is 12.8. The second kappa shape index (κ2) is 5.43. The highest BCUT2D eigenvalue weighted by Gasteiger charge is 2.07. The summed E-state index contributed by atoms with van der Waals surface area (Å²) in [6.45, 7) is 0. The molecular weight excluding hydrogens is 338 g/mol. The number of rotatable bonds is 2. The van der Waals surface area contributed by atoms with Gasteiger partial charge in [-0.1, -0.05) is 41.9 Å². The van der Waals surface area contributed by atoms with Crippen LogP contribution in [0.15, 0.2) is 57.8 Å². The van der Waals surface area contributed by atoms with E-state index in [9.17, 15) is 4.79 Å². The number of fused-ring (bicyclic) bond motifs is 1. The van der Waals surface area contributed by atoms with Gasteiger partial charge in [0.1, 0.15) is 0 Å². The van der Waals surface area contributed by atoms with Gasteiger partial charge in [-0.05, 0) is 33.6 Å². The number of H-pyrrole nitrogens is 1. The summed E-state index contributed by atoms with van der Waals surface area (Å²) in [7, 11) is 0. The molecule has 4 heteroatoms. The first-order chi connectivity index (χ1) is 9.63. The standard InChI is InChI=1S/C16H11BrClNO/c17-14-8-11(18)7-13-15(20)9-12(19-16(13)14)6-10-4-2-1-3-5-10/h1-5,7-9H,6H2,(H,19,20).